The molecular formula is C14H28N2O3. The molecule has 112 valence electrons. The highest BCUT2D eigenvalue weighted by Gasteiger charge is 2.31. The Morgan fingerprint density at radius 2 is 2.26 bits per heavy atom. The van der Waals surface area contributed by atoms with E-state index in [0.717, 1.165) is 19.4 Å². The van der Waals surface area contributed by atoms with E-state index in [4.69, 9.17) is 4.74 Å². The standard InChI is InChI=1S/C14H28N2O3/c1-11(2)19-8-4-6-15-14(18)9-16-7-5-12(3)13(16)10-17/h11-13,17H,4-10H2,1-3H3,(H,15,18). The van der Waals surface area contributed by atoms with Crippen LogP contribution in [0.15, 0.2) is 0 Å². The average molecular weight is 272 g/mol. The number of carbonyl (C=O) groups excluding carboxylic acids is 1. The molecule has 1 aliphatic rings. The summed E-state index contributed by atoms with van der Waals surface area (Å²) in [4.78, 5) is 13.9. The highest BCUT2D eigenvalue weighted by molar-refractivity contribution is 5.78. The number of rotatable bonds is 8. The molecule has 0 saturated carbocycles. The second-order valence-electron chi connectivity index (χ2n) is 5.61. The summed E-state index contributed by atoms with van der Waals surface area (Å²) in [6.07, 6.45) is 2.14. The van der Waals surface area contributed by atoms with E-state index in [2.05, 4.69) is 17.1 Å². The topological polar surface area (TPSA) is 61.8 Å². The average Bonchev–Trinajstić information content (AvgIpc) is 2.69. The fourth-order valence-electron chi connectivity index (χ4n) is 2.44. The van der Waals surface area contributed by atoms with Gasteiger partial charge in [-0.05, 0) is 39.2 Å². The first kappa shape index (κ1) is 16.4. The number of hydrogen-bond acceptors (Lipinski definition) is 4. The van der Waals surface area contributed by atoms with Crippen molar-refractivity contribution in [3.63, 3.8) is 0 Å². The van der Waals surface area contributed by atoms with E-state index in [-0.39, 0.29) is 24.7 Å². The van der Waals surface area contributed by atoms with Crippen LogP contribution in [0.2, 0.25) is 0 Å². The zero-order valence-corrected chi connectivity index (χ0v) is 12.4. The first-order valence-corrected chi connectivity index (χ1v) is 7.27. The first-order valence-electron chi connectivity index (χ1n) is 7.27. The Morgan fingerprint density at radius 3 is 2.89 bits per heavy atom. The minimum Gasteiger partial charge on any atom is -0.395 e. The monoisotopic (exact) mass is 272 g/mol. The summed E-state index contributed by atoms with van der Waals surface area (Å²) in [6, 6.07) is 0.134. The molecule has 1 heterocycles. The molecule has 0 aromatic heterocycles. The van der Waals surface area contributed by atoms with Gasteiger partial charge in [0.1, 0.15) is 0 Å². The van der Waals surface area contributed by atoms with Gasteiger partial charge >= 0.3 is 0 Å². The van der Waals surface area contributed by atoms with Gasteiger partial charge in [0.05, 0.1) is 19.3 Å². The molecule has 19 heavy (non-hydrogen) atoms. The molecule has 1 rings (SSSR count). The van der Waals surface area contributed by atoms with E-state index in [1.54, 1.807) is 0 Å². The molecule has 0 aromatic carbocycles. The first-order chi connectivity index (χ1) is 9.04. The molecule has 0 radical (unpaired) electrons. The zero-order chi connectivity index (χ0) is 14.3. The lowest BCUT2D eigenvalue weighted by atomic mass is 10.0. The Labute approximate surface area is 116 Å². The Kier molecular flexibility index (Phi) is 7.34. The Morgan fingerprint density at radius 1 is 1.53 bits per heavy atom. The van der Waals surface area contributed by atoms with E-state index in [0.29, 0.717) is 25.6 Å². The molecule has 2 atom stereocenters. The van der Waals surface area contributed by atoms with Crippen molar-refractivity contribution in [3.8, 4) is 0 Å². The van der Waals surface area contributed by atoms with E-state index in [9.17, 15) is 9.90 Å². The van der Waals surface area contributed by atoms with Crippen LogP contribution in [0.3, 0.4) is 0 Å². The van der Waals surface area contributed by atoms with Gasteiger partial charge in [-0.3, -0.25) is 9.69 Å². The summed E-state index contributed by atoms with van der Waals surface area (Å²) in [7, 11) is 0. The van der Waals surface area contributed by atoms with Gasteiger partial charge < -0.3 is 15.2 Å². The van der Waals surface area contributed by atoms with Gasteiger partial charge in [-0.15, -0.1) is 0 Å². The molecular weight excluding hydrogens is 244 g/mol. The van der Waals surface area contributed by atoms with Crippen molar-refractivity contribution in [1.29, 1.82) is 0 Å². The Bertz CT molecular complexity index is 271. The van der Waals surface area contributed by atoms with Gasteiger partial charge in [0, 0.05) is 19.2 Å². The van der Waals surface area contributed by atoms with E-state index in [1.165, 1.54) is 0 Å². The maximum absolute atomic E-state index is 11.8. The molecule has 2 unspecified atom stereocenters. The van der Waals surface area contributed by atoms with Crippen molar-refractivity contribution in [2.45, 2.75) is 45.8 Å². The van der Waals surface area contributed by atoms with Crippen LogP contribution < -0.4 is 5.32 Å². The number of carbonyl (C=O) groups is 1. The lowest BCUT2D eigenvalue weighted by molar-refractivity contribution is -0.122. The lowest BCUT2D eigenvalue weighted by Gasteiger charge is -2.24. The summed E-state index contributed by atoms with van der Waals surface area (Å²) in [6.45, 7) is 8.89. The number of nitrogens with zero attached hydrogens (tertiary/aromatic N) is 1. The highest BCUT2D eigenvalue weighted by Crippen LogP contribution is 2.22. The fraction of sp³-hybridized carbons (Fsp3) is 0.929. The van der Waals surface area contributed by atoms with Crippen LogP contribution in [0.4, 0.5) is 0 Å². The Hall–Kier alpha value is -0.650. The van der Waals surface area contributed by atoms with Crippen LogP contribution >= 0.6 is 0 Å². The third kappa shape index (κ3) is 5.89. The van der Waals surface area contributed by atoms with Crippen molar-refractivity contribution in [1.82, 2.24) is 10.2 Å². The number of hydrogen-bond donors (Lipinski definition) is 2. The highest BCUT2D eigenvalue weighted by atomic mass is 16.5. The van der Waals surface area contributed by atoms with Gasteiger partial charge in [-0.2, -0.15) is 0 Å². The number of aliphatic hydroxyl groups excluding tert-OH is 1. The van der Waals surface area contributed by atoms with Crippen LogP contribution in [0.5, 0.6) is 0 Å². The van der Waals surface area contributed by atoms with Crippen LogP contribution in [-0.2, 0) is 9.53 Å². The SMILES string of the molecule is CC(C)OCCCNC(=O)CN1CCC(C)C1CO. The summed E-state index contributed by atoms with van der Waals surface area (Å²) < 4.78 is 5.41. The molecule has 1 aliphatic heterocycles. The molecule has 0 bridgehead atoms. The molecule has 0 aliphatic carbocycles. The summed E-state index contributed by atoms with van der Waals surface area (Å²) in [5.41, 5.74) is 0. The Balaban J connectivity index is 2.14. The van der Waals surface area contributed by atoms with Crippen LogP contribution in [0, 0.1) is 5.92 Å². The predicted octanol–water partition coefficient (Wildman–Crippen LogP) is 0.620. The van der Waals surface area contributed by atoms with Crippen molar-refractivity contribution in [3.05, 3.63) is 0 Å². The van der Waals surface area contributed by atoms with E-state index >= 15 is 0 Å². The lowest BCUT2D eigenvalue weighted by Crippen LogP contribution is -2.42. The largest absolute Gasteiger partial charge is 0.395 e. The molecule has 2 N–H and O–H groups in total. The maximum Gasteiger partial charge on any atom is 0.234 e. The van der Waals surface area contributed by atoms with Crippen LogP contribution in [0.25, 0.3) is 0 Å². The smallest absolute Gasteiger partial charge is 0.234 e. The van der Waals surface area contributed by atoms with Gasteiger partial charge in [0.2, 0.25) is 5.91 Å². The number of likely N-dealkylation sites (tertiary alicyclic amines) is 1. The molecule has 0 aromatic rings. The van der Waals surface area contributed by atoms with Crippen molar-refractivity contribution in [2.75, 3.05) is 32.8 Å². The zero-order valence-electron chi connectivity index (χ0n) is 12.4. The minimum atomic E-state index is 0.0390. The van der Waals surface area contributed by atoms with E-state index < -0.39 is 0 Å². The van der Waals surface area contributed by atoms with Crippen LogP contribution in [0.1, 0.15) is 33.6 Å². The molecule has 1 saturated heterocycles. The molecule has 1 amide bonds. The van der Waals surface area contributed by atoms with Gasteiger partial charge in [-0.1, -0.05) is 6.92 Å². The third-order valence-corrected chi connectivity index (χ3v) is 3.63. The molecule has 5 nitrogen and oxygen atoms in total. The van der Waals surface area contributed by atoms with Crippen molar-refractivity contribution < 1.29 is 14.6 Å². The normalized spacial score (nSPS) is 24.1. The molecule has 5 heteroatoms. The second kappa shape index (κ2) is 8.51. The third-order valence-electron chi connectivity index (χ3n) is 3.63. The summed E-state index contributed by atoms with van der Waals surface area (Å²) in [5, 5.41) is 12.2. The summed E-state index contributed by atoms with van der Waals surface area (Å²) >= 11 is 0. The number of aliphatic hydroxyl groups is 1. The van der Waals surface area contributed by atoms with E-state index in [1.807, 2.05) is 13.8 Å². The van der Waals surface area contributed by atoms with Gasteiger partial charge in [-0.25, -0.2) is 0 Å². The summed E-state index contributed by atoms with van der Waals surface area (Å²) in [5.74, 6) is 0.509. The molecule has 1 fully saturated rings. The number of nitrogens with one attached hydrogen (secondary N) is 1. The second-order valence-corrected chi connectivity index (χ2v) is 5.61. The molecule has 0 spiro atoms. The minimum absolute atomic E-state index is 0.0390. The predicted molar refractivity (Wildman–Crippen MR) is 74.9 cm³/mol. The van der Waals surface area contributed by atoms with Crippen molar-refractivity contribution >= 4 is 5.91 Å². The number of amides is 1. The maximum atomic E-state index is 11.8. The fourth-order valence-corrected chi connectivity index (χ4v) is 2.44. The van der Waals surface area contributed by atoms with Gasteiger partial charge in [0.25, 0.3) is 0 Å². The number of ether oxygens (including phenoxy) is 1. The van der Waals surface area contributed by atoms with Crippen molar-refractivity contribution in [2.24, 2.45) is 5.92 Å². The quantitative estimate of drug-likeness (QED) is 0.636. The van der Waals surface area contributed by atoms with Crippen LogP contribution in [-0.4, -0.2) is 60.9 Å². The van der Waals surface area contributed by atoms with Gasteiger partial charge in [0.15, 0.2) is 0 Å².